The molecule has 2 N–H and O–H groups in total. The standard InChI is InChI=1S/C16H24N2O2S/c1-4-20-13-7-5-6-12(17)14(13)15(19)18-9-8-16(2,3)21-11-10-18/h5-7H,4,8-11,17H2,1-3H3. The minimum Gasteiger partial charge on any atom is -0.493 e. The summed E-state index contributed by atoms with van der Waals surface area (Å²) in [7, 11) is 0. The lowest BCUT2D eigenvalue weighted by atomic mass is 10.1. The number of benzene rings is 1. The molecular weight excluding hydrogens is 284 g/mol. The van der Waals surface area contributed by atoms with E-state index in [0.29, 0.717) is 23.6 Å². The summed E-state index contributed by atoms with van der Waals surface area (Å²) in [6.45, 7) is 8.41. The highest BCUT2D eigenvalue weighted by atomic mass is 32.2. The Morgan fingerprint density at radius 2 is 2.19 bits per heavy atom. The summed E-state index contributed by atoms with van der Waals surface area (Å²) in [6.07, 6.45) is 0.986. The van der Waals surface area contributed by atoms with Gasteiger partial charge in [-0.05, 0) is 25.5 Å². The van der Waals surface area contributed by atoms with E-state index < -0.39 is 0 Å². The van der Waals surface area contributed by atoms with Crippen molar-refractivity contribution in [1.82, 2.24) is 4.90 Å². The van der Waals surface area contributed by atoms with Crippen molar-refractivity contribution in [3.8, 4) is 5.75 Å². The molecule has 21 heavy (non-hydrogen) atoms. The molecule has 1 saturated heterocycles. The van der Waals surface area contributed by atoms with Crippen molar-refractivity contribution in [1.29, 1.82) is 0 Å². The Balaban J connectivity index is 2.23. The lowest BCUT2D eigenvalue weighted by molar-refractivity contribution is 0.0761. The van der Waals surface area contributed by atoms with Crippen molar-refractivity contribution in [3.63, 3.8) is 0 Å². The Bertz CT molecular complexity index is 517. The maximum Gasteiger partial charge on any atom is 0.259 e. The van der Waals surface area contributed by atoms with Crippen LogP contribution >= 0.6 is 11.8 Å². The lowest BCUT2D eigenvalue weighted by Gasteiger charge is -2.24. The molecule has 0 atom stereocenters. The van der Waals surface area contributed by atoms with Crippen LogP contribution in [0.2, 0.25) is 0 Å². The van der Waals surface area contributed by atoms with Gasteiger partial charge in [0.2, 0.25) is 0 Å². The predicted octanol–water partition coefficient (Wildman–Crippen LogP) is 3.03. The van der Waals surface area contributed by atoms with Crippen molar-refractivity contribution in [2.45, 2.75) is 31.9 Å². The Morgan fingerprint density at radius 1 is 1.43 bits per heavy atom. The van der Waals surface area contributed by atoms with Gasteiger partial charge in [-0.3, -0.25) is 4.79 Å². The van der Waals surface area contributed by atoms with Crippen LogP contribution in [0.4, 0.5) is 5.69 Å². The third-order valence-corrected chi connectivity index (χ3v) is 5.07. The average Bonchev–Trinajstić information content (AvgIpc) is 2.60. The van der Waals surface area contributed by atoms with Gasteiger partial charge >= 0.3 is 0 Å². The molecule has 0 aliphatic carbocycles. The van der Waals surface area contributed by atoms with Gasteiger partial charge in [0.25, 0.3) is 5.91 Å². The summed E-state index contributed by atoms with van der Waals surface area (Å²) in [5.41, 5.74) is 7.01. The molecule has 1 heterocycles. The van der Waals surface area contributed by atoms with Crippen molar-refractivity contribution < 1.29 is 9.53 Å². The van der Waals surface area contributed by atoms with Crippen molar-refractivity contribution in [3.05, 3.63) is 23.8 Å². The minimum absolute atomic E-state index is 0.0187. The van der Waals surface area contributed by atoms with Gasteiger partial charge in [0.05, 0.1) is 6.61 Å². The number of nitrogen functional groups attached to an aromatic ring is 1. The topological polar surface area (TPSA) is 55.6 Å². The highest BCUT2D eigenvalue weighted by molar-refractivity contribution is 8.00. The second kappa shape index (κ2) is 6.60. The van der Waals surface area contributed by atoms with Crippen LogP contribution < -0.4 is 10.5 Å². The zero-order valence-corrected chi connectivity index (χ0v) is 13.8. The van der Waals surface area contributed by atoms with Crippen LogP contribution in [0.25, 0.3) is 0 Å². The normalized spacial score (nSPS) is 18.1. The van der Waals surface area contributed by atoms with Gasteiger partial charge in [0.15, 0.2) is 0 Å². The number of rotatable bonds is 3. The molecule has 1 aromatic carbocycles. The predicted molar refractivity (Wildman–Crippen MR) is 89.1 cm³/mol. The molecule has 5 heteroatoms. The van der Waals surface area contributed by atoms with Gasteiger partial charge in [-0.15, -0.1) is 0 Å². The Kier molecular flexibility index (Phi) is 5.04. The number of carbonyl (C=O) groups excluding carboxylic acids is 1. The number of hydrogen-bond acceptors (Lipinski definition) is 4. The maximum absolute atomic E-state index is 12.8. The highest BCUT2D eigenvalue weighted by Crippen LogP contribution is 2.32. The van der Waals surface area contributed by atoms with E-state index in [1.165, 1.54) is 0 Å². The van der Waals surface area contributed by atoms with Crippen LogP contribution in [0, 0.1) is 0 Å². The Labute approximate surface area is 131 Å². The van der Waals surface area contributed by atoms with Gasteiger partial charge in [0.1, 0.15) is 11.3 Å². The molecule has 1 aliphatic rings. The van der Waals surface area contributed by atoms with Crippen LogP contribution in [0.5, 0.6) is 5.75 Å². The second-order valence-corrected chi connectivity index (χ2v) is 7.61. The molecule has 0 saturated carbocycles. The van der Waals surface area contributed by atoms with Gasteiger partial charge in [-0.25, -0.2) is 0 Å². The number of thioether (sulfide) groups is 1. The summed E-state index contributed by atoms with van der Waals surface area (Å²) in [6, 6.07) is 5.38. The van der Waals surface area contributed by atoms with Crippen LogP contribution in [-0.4, -0.2) is 41.0 Å². The molecule has 1 amide bonds. The largest absolute Gasteiger partial charge is 0.493 e. The summed E-state index contributed by atoms with van der Waals surface area (Å²) >= 11 is 1.92. The van der Waals surface area contributed by atoms with Crippen molar-refractivity contribution in [2.75, 3.05) is 31.2 Å². The summed E-state index contributed by atoms with van der Waals surface area (Å²) in [5, 5.41) is 0. The molecule has 4 nitrogen and oxygen atoms in total. The fourth-order valence-electron chi connectivity index (χ4n) is 2.43. The van der Waals surface area contributed by atoms with Gasteiger partial charge in [-0.1, -0.05) is 19.9 Å². The summed E-state index contributed by atoms with van der Waals surface area (Å²) in [4.78, 5) is 14.7. The van der Waals surface area contributed by atoms with E-state index in [-0.39, 0.29) is 10.7 Å². The number of amides is 1. The Hall–Kier alpha value is -1.36. The van der Waals surface area contributed by atoms with Crippen molar-refractivity contribution in [2.24, 2.45) is 0 Å². The van der Waals surface area contributed by atoms with Crippen LogP contribution in [0.3, 0.4) is 0 Å². The number of anilines is 1. The Morgan fingerprint density at radius 3 is 2.90 bits per heavy atom. The fourth-order valence-corrected chi connectivity index (χ4v) is 3.53. The van der Waals surface area contributed by atoms with Crippen LogP contribution in [0.15, 0.2) is 18.2 Å². The number of ether oxygens (including phenoxy) is 1. The van der Waals surface area contributed by atoms with Crippen LogP contribution in [-0.2, 0) is 0 Å². The molecular formula is C16H24N2O2S. The first-order valence-electron chi connectivity index (χ1n) is 7.39. The highest BCUT2D eigenvalue weighted by Gasteiger charge is 2.28. The zero-order chi connectivity index (χ0) is 15.5. The van der Waals surface area contributed by atoms with Crippen molar-refractivity contribution >= 4 is 23.4 Å². The first kappa shape index (κ1) is 16.0. The molecule has 2 rings (SSSR count). The summed E-state index contributed by atoms with van der Waals surface area (Å²) in [5.74, 6) is 1.52. The molecule has 0 bridgehead atoms. The van der Waals surface area contributed by atoms with E-state index in [1.807, 2.05) is 35.7 Å². The molecule has 1 fully saturated rings. The molecule has 0 unspecified atom stereocenters. The lowest BCUT2D eigenvalue weighted by Crippen LogP contribution is -2.34. The first-order valence-corrected chi connectivity index (χ1v) is 8.37. The van der Waals surface area contributed by atoms with E-state index in [9.17, 15) is 4.79 Å². The molecule has 1 aromatic rings. The average molecular weight is 308 g/mol. The van der Waals surface area contributed by atoms with Gasteiger partial charge in [0, 0.05) is 29.3 Å². The number of nitrogens with two attached hydrogens (primary N) is 1. The molecule has 0 aromatic heterocycles. The number of hydrogen-bond donors (Lipinski definition) is 1. The van der Waals surface area contributed by atoms with E-state index in [4.69, 9.17) is 10.5 Å². The smallest absolute Gasteiger partial charge is 0.259 e. The molecule has 116 valence electrons. The maximum atomic E-state index is 12.8. The van der Waals surface area contributed by atoms with E-state index in [0.717, 1.165) is 25.3 Å². The van der Waals surface area contributed by atoms with E-state index in [2.05, 4.69) is 13.8 Å². The third kappa shape index (κ3) is 3.84. The SMILES string of the molecule is CCOc1cccc(N)c1C(=O)N1CCSC(C)(C)CC1. The quantitative estimate of drug-likeness (QED) is 0.872. The number of nitrogens with zero attached hydrogens (tertiary/aromatic N) is 1. The fraction of sp³-hybridized carbons (Fsp3) is 0.562. The minimum atomic E-state index is -0.0187. The van der Waals surface area contributed by atoms with E-state index in [1.54, 1.807) is 6.07 Å². The van der Waals surface area contributed by atoms with Crippen LogP contribution in [0.1, 0.15) is 37.6 Å². The third-order valence-electron chi connectivity index (χ3n) is 3.70. The van der Waals surface area contributed by atoms with Gasteiger partial charge < -0.3 is 15.4 Å². The second-order valence-electron chi connectivity index (χ2n) is 5.80. The molecule has 0 radical (unpaired) electrons. The molecule has 0 spiro atoms. The zero-order valence-electron chi connectivity index (χ0n) is 13.0. The van der Waals surface area contributed by atoms with Gasteiger partial charge in [-0.2, -0.15) is 11.8 Å². The monoisotopic (exact) mass is 308 g/mol. The summed E-state index contributed by atoms with van der Waals surface area (Å²) < 4.78 is 5.79. The number of carbonyl (C=O) groups is 1. The first-order chi connectivity index (χ1) is 9.94. The van der Waals surface area contributed by atoms with E-state index >= 15 is 0 Å². The molecule has 1 aliphatic heterocycles.